The van der Waals surface area contributed by atoms with Crippen molar-refractivity contribution >= 4 is 23.0 Å². The number of hydrogen-bond donors (Lipinski definition) is 2. The van der Waals surface area contributed by atoms with Crippen LogP contribution in [0.2, 0.25) is 5.02 Å². The SMILES string of the molecule is O=[N+]([O-])c1cc(Cl)c(F)cc1NCC1CCCC(O)C1. The van der Waals surface area contributed by atoms with Crippen LogP contribution in [0.5, 0.6) is 0 Å². The Balaban J connectivity index is 2.08. The van der Waals surface area contributed by atoms with Gasteiger partial charge in [-0.2, -0.15) is 0 Å². The molecule has 110 valence electrons. The van der Waals surface area contributed by atoms with E-state index in [-0.39, 0.29) is 28.4 Å². The molecule has 20 heavy (non-hydrogen) atoms. The van der Waals surface area contributed by atoms with Gasteiger partial charge in [-0.15, -0.1) is 0 Å². The predicted octanol–water partition coefficient (Wildman–Crippen LogP) is 3.35. The lowest BCUT2D eigenvalue weighted by molar-refractivity contribution is -0.384. The van der Waals surface area contributed by atoms with Gasteiger partial charge in [-0.1, -0.05) is 18.0 Å². The van der Waals surface area contributed by atoms with Gasteiger partial charge in [0.05, 0.1) is 16.0 Å². The van der Waals surface area contributed by atoms with Gasteiger partial charge >= 0.3 is 0 Å². The van der Waals surface area contributed by atoms with Crippen molar-refractivity contribution in [3.05, 3.63) is 33.1 Å². The van der Waals surface area contributed by atoms with E-state index in [2.05, 4.69) is 5.32 Å². The van der Waals surface area contributed by atoms with Crippen LogP contribution in [0, 0.1) is 21.8 Å². The molecule has 0 radical (unpaired) electrons. The summed E-state index contributed by atoms with van der Waals surface area (Å²) in [6, 6.07) is 2.05. The maximum absolute atomic E-state index is 13.4. The van der Waals surface area contributed by atoms with Crippen LogP contribution in [-0.4, -0.2) is 22.7 Å². The van der Waals surface area contributed by atoms with Crippen LogP contribution in [0.3, 0.4) is 0 Å². The second-order valence-electron chi connectivity index (χ2n) is 5.11. The molecule has 1 aliphatic rings. The molecule has 0 spiro atoms. The zero-order valence-electron chi connectivity index (χ0n) is 10.8. The Morgan fingerprint density at radius 1 is 1.50 bits per heavy atom. The first-order chi connectivity index (χ1) is 9.47. The molecule has 5 nitrogen and oxygen atoms in total. The summed E-state index contributed by atoms with van der Waals surface area (Å²) in [5.74, 6) is -0.458. The summed E-state index contributed by atoms with van der Waals surface area (Å²) < 4.78 is 13.4. The van der Waals surface area contributed by atoms with Crippen LogP contribution in [0.1, 0.15) is 25.7 Å². The third-order valence-corrected chi connectivity index (χ3v) is 3.86. The first-order valence-electron chi connectivity index (χ1n) is 6.52. The average molecular weight is 303 g/mol. The molecule has 2 N–H and O–H groups in total. The first-order valence-corrected chi connectivity index (χ1v) is 6.90. The number of nitrogens with zero attached hydrogens (tertiary/aromatic N) is 1. The van der Waals surface area contributed by atoms with Gasteiger partial charge in [-0.3, -0.25) is 10.1 Å². The van der Waals surface area contributed by atoms with E-state index < -0.39 is 10.7 Å². The number of benzene rings is 1. The fourth-order valence-corrected chi connectivity index (χ4v) is 2.69. The van der Waals surface area contributed by atoms with Crippen LogP contribution in [0.25, 0.3) is 0 Å². The molecular weight excluding hydrogens is 287 g/mol. The van der Waals surface area contributed by atoms with Gasteiger partial charge in [0.2, 0.25) is 0 Å². The summed E-state index contributed by atoms with van der Waals surface area (Å²) >= 11 is 5.56. The van der Waals surface area contributed by atoms with E-state index in [4.69, 9.17) is 11.6 Å². The summed E-state index contributed by atoms with van der Waals surface area (Å²) in [5, 5.41) is 23.2. The van der Waals surface area contributed by atoms with Gasteiger partial charge < -0.3 is 10.4 Å². The highest BCUT2D eigenvalue weighted by molar-refractivity contribution is 6.31. The molecule has 1 aromatic carbocycles. The quantitative estimate of drug-likeness (QED) is 0.660. The van der Waals surface area contributed by atoms with Crippen LogP contribution >= 0.6 is 11.6 Å². The highest BCUT2D eigenvalue weighted by Gasteiger charge is 2.22. The lowest BCUT2D eigenvalue weighted by Gasteiger charge is -2.26. The number of rotatable bonds is 4. The van der Waals surface area contributed by atoms with E-state index in [1.54, 1.807) is 0 Å². The summed E-state index contributed by atoms with van der Waals surface area (Å²) in [6.45, 7) is 0.471. The van der Waals surface area contributed by atoms with E-state index in [0.29, 0.717) is 13.0 Å². The number of aliphatic hydroxyl groups is 1. The van der Waals surface area contributed by atoms with Crippen molar-refractivity contribution in [1.82, 2.24) is 0 Å². The standard InChI is InChI=1S/C13H16ClFN2O3/c14-10-5-13(17(19)20)12(6-11(10)15)16-7-8-2-1-3-9(18)4-8/h5-6,8-9,16,18H,1-4,7H2. The number of anilines is 1. The van der Waals surface area contributed by atoms with Crippen molar-refractivity contribution in [1.29, 1.82) is 0 Å². The summed E-state index contributed by atoms with van der Waals surface area (Å²) in [5.41, 5.74) is -0.121. The van der Waals surface area contributed by atoms with Crippen molar-refractivity contribution in [3.8, 4) is 0 Å². The molecule has 1 fully saturated rings. The van der Waals surface area contributed by atoms with Crippen molar-refractivity contribution in [2.45, 2.75) is 31.8 Å². The number of nitro benzene ring substituents is 1. The molecule has 0 heterocycles. The molecule has 1 aromatic rings. The second-order valence-corrected chi connectivity index (χ2v) is 5.52. The van der Waals surface area contributed by atoms with Gasteiger partial charge in [0.1, 0.15) is 11.5 Å². The zero-order valence-corrected chi connectivity index (χ0v) is 11.6. The molecule has 2 unspecified atom stereocenters. The molecule has 0 amide bonds. The molecule has 0 aromatic heterocycles. The van der Waals surface area contributed by atoms with Crippen LogP contribution in [-0.2, 0) is 0 Å². The zero-order chi connectivity index (χ0) is 14.7. The third kappa shape index (κ3) is 3.58. The molecule has 2 atom stereocenters. The van der Waals surface area contributed by atoms with E-state index >= 15 is 0 Å². The van der Waals surface area contributed by atoms with Gasteiger partial charge in [-0.25, -0.2) is 4.39 Å². The number of hydrogen-bond acceptors (Lipinski definition) is 4. The van der Waals surface area contributed by atoms with Crippen molar-refractivity contribution in [2.24, 2.45) is 5.92 Å². The number of nitro groups is 1. The highest BCUT2D eigenvalue weighted by atomic mass is 35.5. The number of aliphatic hydroxyl groups excluding tert-OH is 1. The van der Waals surface area contributed by atoms with E-state index in [1.165, 1.54) is 0 Å². The fraction of sp³-hybridized carbons (Fsp3) is 0.538. The second kappa shape index (κ2) is 6.37. The Morgan fingerprint density at radius 2 is 2.25 bits per heavy atom. The Kier molecular flexibility index (Phi) is 4.77. The highest BCUT2D eigenvalue weighted by Crippen LogP contribution is 2.31. The largest absolute Gasteiger partial charge is 0.393 e. The summed E-state index contributed by atoms with van der Waals surface area (Å²) in [7, 11) is 0. The van der Waals surface area contributed by atoms with Crippen LogP contribution in [0.4, 0.5) is 15.8 Å². The molecule has 1 saturated carbocycles. The molecule has 7 heteroatoms. The summed E-state index contributed by atoms with van der Waals surface area (Å²) in [4.78, 5) is 10.3. The lowest BCUT2D eigenvalue weighted by atomic mass is 9.87. The molecule has 0 aliphatic heterocycles. The summed E-state index contributed by atoms with van der Waals surface area (Å²) in [6.07, 6.45) is 3.04. The van der Waals surface area contributed by atoms with Crippen molar-refractivity contribution in [3.63, 3.8) is 0 Å². The molecule has 0 bridgehead atoms. The normalized spacial score (nSPS) is 22.6. The van der Waals surface area contributed by atoms with E-state index in [9.17, 15) is 19.6 Å². The fourth-order valence-electron chi connectivity index (χ4n) is 2.53. The Hall–Kier alpha value is -1.40. The average Bonchev–Trinajstić information content (AvgIpc) is 2.39. The van der Waals surface area contributed by atoms with Crippen LogP contribution in [0.15, 0.2) is 12.1 Å². The maximum atomic E-state index is 13.4. The van der Waals surface area contributed by atoms with Crippen molar-refractivity contribution in [2.75, 3.05) is 11.9 Å². The maximum Gasteiger partial charge on any atom is 0.294 e. The molecule has 0 saturated heterocycles. The van der Waals surface area contributed by atoms with Gasteiger partial charge in [-0.05, 0) is 25.2 Å². The lowest BCUT2D eigenvalue weighted by Crippen LogP contribution is -2.25. The number of nitrogens with one attached hydrogen (secondary N) is 1. The topological polar surface area (TPSA) is 75.4 Å². The third-order valence-electron chi connectivity index (χ3n) is 3.57. The minimum atomic E-state index is -0.691. The Morgan fingerprint density at radius 3 is 2.90 bits per heavy atom. The minimum Gasteiger partial charge on any atom is -0.393 e. The van der Waals surface area contributed by atoms with Crippen molar-refractivity contribution < 1.29 is 14.4 Å². The predicted molar refractivity (Wildman–Crippen MR) is 74.5 cm³/mol. The number of halogens is 2. The van der Waals surface area contributed by atoms with Crippen LogP contribution < -0.4 is 5.32 Å². The smallest absolute Gasteiger partial charge is 0.294 e. The van der Waals surface area contributed by atoms with E-state index in [0.717, 1.165) is 31.4 Å². The van der Waals surface area contributed by atoms with Gasteiger partial charge in [0.25, 0.3) is 5.69 Å². The Bertz CT molecular complexity index is 513. The van der Waals surface area contributed by atoms with Gasteiger partial charge in [0, 0.05) is 18.7 Å². The first kappa shape index (κ1) is 15.0. The molecule has 1 aliphatic carbocycles. The van der Waals surface area contributed by atoms with Gasteiger partial charge in [0.15, 0.2) is 0 Å². The molecular formula is C13H16ClFN2O3. The Labute approximate surface area is 120 Å². The minimum absolute atomic E-state index is 0.122. The van der Waals surface area contributed by atoms with E-state index in [1.807, 2.05) is 0 Å². The molecule has 2 rings (SSSR count). The monoisotopic (exact) mass is 302 g/mol.